The zero-order valence-electron chi connectivity index (χ0n) is 13.4. The number of aryl methyl sites for hydroxylation is 2. The number of nitrogens with zero attached hydrogens (tertiary/aromatic N) is 1. The number of benzene rings is 1. The van der Waals surface area contributed by atoms with Gasteiger partial charge < -0.3 is 5.32 Å². The summed E-state index contributed by atoms with van der Waals surface area (Å²) in [6.07, 6.45) is 0. The molecule has 0 aliphatic carbocycles. The molecule has 1 aliphatic heterocycles. The Morgan fingerprint density at radius 3 is 2.45 bits per heavy atom. The molecule has 0 saturated carbocycles. The van der Waals surface area contributed by atoms with Crippen molar-refractivity contribution in [2.24, 2.45) is 0 Å². The van der Waals surface area contributed by atoms with Crippen molar-refractivity contribution in [1.29, 1.82) is 0 Å². The molecule has 0 aromatic heterocycles. The molecule has 1 aromatic rings. The van der Waals surface area contributed by atoms with Gasteiger partial charge in [0, 0.05) is 13.1 Å². The predicted octanol–water partition coefficient (Wildman–Crippen LogP) is 1.21. The van der Waals surface area contributed by atoms with Crippen LogP contribution in [0.5, 0.6) is 0 Å². The number of rotatable bonds is 4. The van der Waals surface area contributed by atoms with Crippen LogP contribution in [-0.4, -0.2) is 50.4 Å². The fraction of sp³-hybridized carbons (Fsp3) is 0.562. The molecule has 1 N–H and O–H groups in total. The molecule has 1 aliphatic rings. The number of hydrogen-bond acceptors (Lipinski definition) is 4. The van der Waals surface area contributed by atoms with E-state index in [0.717, 1.165) is 5.56 Å². The van der Waals surface area contributed by atoms with Crippen LogP contribution < -0.4 is 5.32 Å². The van der Waals surface area contributed by atoms with E-state index in [0.29, 0.717) is 13.1 Å². The Hall–Kier alpha value is -1.40. The highest BCUT2D eigenvalue weighted by molar-refractivity contribution is 7.91. The van der Waals surface area contributed by atoms with Crippen molar-refractivity contribution in [3.05, 3.63) is 34.9 Å². The molecule has 5 nitrogen and oxygen atoms in total. The number of hydrogen-bond donors (Lipinski definition) is 1. The van der Waals surface area contributed by atoms with E-state index in [9.17, 15) is 13.2 Å². The van der Waals surface area contributed by atoms with Gasteiger partial charge in [0.25, 0.3) is 0 Å². The zero-order chi connectivity index (χ0) is 16.3. The molecular weight excluding hydrogens is 300 g/mol. The second-order valence-electron chi connectivity index (χ2n) is 6.06. The van der Waals surface area contributed by atoms with Crippen LogP contribution in [0.15, 0.2) is 18.2 Å². The number of amides is 1. The van der Waals surface area contributed by atoms with E-state index in [1.165, 1.54) is 11.1 Å². The lowest BCUT2D eigenvalue weighted by molar-refractivity contribution is -0.122. The van der Waals surface area contributed by atoms with E-state index in [1.807, 2.05) is 17.9 Å². The van der Waals surface area contributed by atoms with Crippen molar-refractivity contribution < 1.29 is 13.2 Å². The average molecular weight is 324 g/mol. The van der Waals surface area contributed by atoms with Gasteiger partial charge in [0.05, 0.1) is 24.1 Å². The standard InChI is InChI=1S/C16H24N2O3S/c1-12-4-5-15(10-13(12)2)14(3)17-16(19)11-18-6-8-22(20,21)9-7-18/h4-5,10,14H,6-9,11H2,1-3H3,(H,17,19). The van der Waals surface area contributed by atoms with Gasteiger partial charge >= 0.3 is 0 Å². The molecule has 0 radical (unpaired) electrons. The first-order valence-corrected chi connectivity index (χ1v) is 9.38. The van der Waals surface area contributed by atoms with E-state index in [-0.39, 0.29) is 30.0 Å². The Labute approximate surface area is 132 Å². The molecule has 0 bridgehead atoms. The third kappa shape index (κ3) is 4.55. The normalized spacial score (nSPS) is 19.6. The summed E-state index contributed by atoms with van der Waals surface area (Å²) in [5.41, 5.74) is 3.52. The van der Waals surface area contributed by atoms with Crippen molar-refractivity contribution in [2.75, 3.05) is 31.1 Å². The largest absolute Gasteiger partial charge is 0.348 e. The topological polar surface area (TPSA) is 66.5 Å². The Bertz CT molecular complexity index is 641. The number of sulfone groups is 1. The summed E-state index contributed by atoms with van der Waals surface area (Å²) in [6, 6.07) is 6.12. The van der Waals surface area contributed by atoms with Gasteiger partial charge in [-0.05, 0) is 37.5 Å². The third-order valence-electron chi connectivity index (χ3n) is 4.21. The Morgan fingerprint density at radius 2 is 1.86 bits per heavy atom. The Morgan fingerprint density at radius 1 is 1.23 bits per heavy atom. The maximum atomic E-state index is 12.1. The van der Waals surface area contributed by atoms with Gasteiger partial charge in [-0.1, -0.05) is 18.2 Å². The molecule has 2 rings (SSSR count). The second-order valence-corrected chi connectivity index (χ2v) is 8.36. The summed E-state index contributed by atoms with van der Waals surface area (Å²) in [5.74, 6) is 0.227. The lowest BCUT2D eigenvalue weighted by Gasteiger charge is -2.26. The molecule has 22 heavy (non-hydrogen) atoms. The van der Waals surface area contributed by atoms with Gasteiger partial charge in [-0.25, -0.2) is 8.42 Å². The first-order valence-electron chi connectivity index (χ1n) is 7.56. The molecule has 1 saturated heterocycles. The van der Waals surface area contributed by atoms with Gasteiger partial charge in [0.1, 0.15) is 0 Å². The molecule has 6 heteroatoms. The maximum absolute atomic E-state index is 12.1. The van der Waals surface area contributed by atoms with Crippen LogP contribution in [0.1, 0.15) is 29.7 Å². The molecule has 1 atom stereocenters. The van der Waals surface area contributed by atoms with Gasteiger partial charge in [-0.2, -0.15) is 0 Å². The van der Waals surface area contributed by atoms with E-state index < -0.39 is 9.84 Å². The smallest absolute Gasteiger partial charge is 0.234 e. The SMILES string of the molecule is Cc1ccc(C(C)NC(=O)CN2CCS(=O)(=O)CC2)cc1C. The summed E-state index contributed by atoms with van der Waals surface area (Å²) >= 11 is 0. The van der Waals surface area contributed by atoms with E-state index >= 15 is 0 Å². The summed E-state index contributed by atoms with van der Waals surface area (Å²) < 4.78 is 22.8. The highest BCUT2D eigenvalue weighted by Crippen LogP contribution is 2.16. The van der Waals surface area contributed by atoms with Gasteiger partial charge in [0.2, 0.25) is 5.91 Å². The minimum atomic E-state index is -2.90. The van der Waals surface area contributed by atoms with Crippen LogP contribution in [0, 0.1) is 13.8 Å². The molecule has 0 spiro atoms. The van der Waals surface area contributed by atoms with Crippen LogP contribution in [0.2, 0.25) is 0 Å². The van der Waals surface area contributed by atoms with E-state index in [1.54, 1.807) is 0 Å². The lowest BCUT2D eigenvalue weighted by Crippen LogP contribution is -2.45. The average Bonchev–Trinajstić information content (AvgIpc) is 2.44. The van der Waals surface area contributed by atoms with Crippen LogP contribution in [0.3, 0.4) is 0 Å². The quantitative estimate of drug-likeness (QED) is 0.904. The molecule has 1 aromatic carbocycles. The zero-order valence-corrected chi connectivity index (χ0v) is 14.2. The molecule has 122 valence electrons. The fourth-order valence-electron chi connectivity index (χ4n) is 2.52. The van der Waals surface area contributed by atoms with Crippen molar-refractivity contribution >= 4 is 15.7 Å². The maximum Gasteiger partial charge on any atom is 0.234 e. The highest BCUT2D eigenvalue weighted by atomic mass is 32.2. The molecule has 1 unspecified atom stereocenters. The van der Waals surface area contributed by atoms with Crippen molar-refractivity contribution in [1.82, 2.24) is 10.2 Å². The summed E-state index contributed by atoms with van der Waals surface area (Å²) in [6.45, 7) is 7.21. The fourth-order valence-corrected chi connectivity index (χ4v) is 3.79. The lowest BCUT2D eigenvalue weighted by atomic mass is 10.0. The number of carbonyl (C=O) groups is 1. The minimum absolute atomic E-state index is 0.0553. The summed E-state index contributed by atoms with van der Waals surface area (Å²) in [7, 11) is -2.90. The van der Waals surface area contributed by atoms with E-state index in [4.69, 9.17) is 0 Å². The summed E-state index contributed by atoms with van der Waals surface area (Å²) in [4.78, 5) is 14.0. The van der Waals surface area contributed by atoms with Crippen molar-refractivity contribution in [2.45, 2.75) is 26.8 Å². The Balaban J connectivity index is 1.87. The third-order valence-corrected chi connectivity index (χ3v) is 5.82. The minimum Gasteiger partial charge on any atom is -0.348 e. The van der Waals surface area contributed by atoms with E-state index in [2.05, 4.69) is 31.3 Å². The van der Waals surface area contributed by atoms with Crippen LogP contribution >= 0.6 is 0 Å². The van der Waals surface area contributed by atoms with Crippen LogP contribution in [-0.2, 0) is 14.6 Å². The van der Waals surface area contributed by atoms with Crippen molar-refractivity contribution in [3.63, 3.8) is 0 Å². The molecule has 1 heterocycles. The van der Waals surface area contributed by atoms with Crippen LogP contribution in [0.25, 0.3) is 0 Å². The van der Waals surface area contributed by atoms with Crippen LogP contribution in [0.4, 0.5) is 0 Å². The Kier molecular flexibility index (Phi) is 5.24. The van der Waals surface area contributed by atoms with Gasteiger partial charge in [0.15, 0.2) is 9.84 Å². The van der Waals surface area contributed by atoms with Gasteiger partial charge in [-0.3, -0.25) is 9.69 Å². The number of nitrogens with one attached hydrogen (secondary N) is 1. The van der Waals surface area contributed by atoms with Crippen molar-refractivity contribution in [3.8, 4) is 0 Å². The first-order chi connectivity index (χ1) is 10.3. The second kappa shape index (κ2) is 6.79. The predicted molar refractivity (Wildman–Crippen MR) is 87.6 cm³/mol. The number of carbonyl (C=O) groups excluding carboxylic acids is 1. The molecule has 1 fully saturated rings. The molecular formula is C16H24N2O3S. The summed E-state index contributed by atoms with van der Waals surface area (Å²) in [5, 5.41) is 2.98. The highest BCUT2D eigenvalue weighted by Gasteiger charge is 2.23. The molecule has 1 amide bonds. The van der Waals surface area contributed by atoms with Gasteiger partial charge in [-0.15, -0.1) is 0 Å². The monoisotopic (exact) mass is 324 g/mol. The first kappa shape index (κ1) is 17.0.